The zero-order valence-corrected chi connectivity index (χ0v) is 17.3. The Hall–Kier alpha value is -4.13. The van der Waals surface area contributed by atoms with E-state index in [1.165, 1.54) is 17.0 Å². The van der Waals surface area contributed by atoms with E-state index in [0.29, 0.717) is 33.3 Å². The average Bonchev–Trinajstić information content (AvgIpc) is 3.19. The highest BCUT2D eigenvalue weighted by atomic mass is 16.3. The van der Waals surface area contributed by atoms with Gasteiger partial charge in [-0.05, 0) is 56.2 Å². The van der Waals surface area contributed by atoms with Crippen molar-refractivity contribution in [2.45, 2.75) is 20.8 Å². The summed E-state index contributed by atoms with van der Waals surface area (Å²) in [6, 6.07) is 14.0. The Balaban J connectivity index is 1.83. The number of aryl methyl sites for hydroxylation is 3. The van der Waals surface area contributed by atoms with Crippen LogP contribution in [0.3, 0.4) is 0 Å². The summed E-state index contributed by atoms with van der Waals surface area (Å²) in [5.41, 5.74) is 5.39. The SMILES string of the molecule is Cc1ccc(-n2c(O)c(/C=N/NC(=O)c3ccoc3C)c3ccccc3c2=O)cc1C. The van der Waals surface area contributed by atoms with Gasteiger partial charge in [-0.15, -0.1) is 0 Å². The zero-order chi connectivity index (χ0) is 22.1. The van der Waals surface area contributed by atoms with Gasteiger partial charge in [0.15, 0.2) is 0 Å². The van der Waals surface area contributed by atoms with Crippen LogP contribution in [0, 0.1) is 20.8 Å². The number of benzene rings is 2. The van der Waals surface area contributed by atoms with Gasteiger partial charge in [-0.25, -0.2) is 9.99 Å². The first kappa shape index (κ1) is 20.2. The van der Waals surface area contributed by atoms with Gasteiger partial charge in [0, 0.05) is 10.8 Å². The van der Waals surface area contributed by atoms with Crippen molar-refractivity contribution in [2.75, 3.05) is 0 Å². The molecule has 2 aromatic heterocycles. The normalized spacial score (nSPS) is 11.3. The molecule has 0 atom stereocenters. The number of nitrogens with one attached hydrogen (secondary N) is 1. The van der Waals surface area contributed by atoms with Crippen LogP contribution in [0.5, 0.6) is 5.88 Å². The molecule has 0 aliphatic carbocycles. The number of pyridine rings is 1. The van der Waals surface area contributed by atoms with Gasteiger partial charge in [-0.1, -0.05) is 24.3 Å². The van der Waals surface area contributed by atoms with Gasteiger partial charge in [0.25, 0.3) is 11.5 Å². The summed E-state index contributed by atoms with van der Waals surface area (Å²) in [4.78, 5) is 25.4. The van der Waals surface area contributed by atoms with Gasteiger partial charge in [-0.2, -0.15) is 5.10 Å². The molecular weight excluding hydrogens is 394 g/mol. The van der Waals surface area contributed by atoms with Crippen molar-refractivity contribution in [3.63, 3.8) is 0 Å². The number of rotatable bonds is 4. The lowest BCUT2D eigenvalue weighted by Gasteiger charge is -2.14. The van der Waals surface area contributed by atoms with Crippen molar-refractivity contribution in [2.24, 2.45) is 5.10 Å². The average molecular weight is 415 g/mol. The van der Waals surface area contributed by atoms with E-state index in [4.69, 9.17) is 4.42 Å². The molecule has 7 heteroatoms. The second-order valence-electron chi connectivity index (χ2n) is 7.28. The van der Waals surface area contributed by atoms with Crippen LogP contribution in [0.2, 0.25) is 0 Å². The van der Waals surface area contributed by atoms with Crippen molar-refractivity contribution >= 4 is 22.9 Å². The van der Waals surface area contributed by atoms with Crippen molar-refractivity contribution in [3.8, 4) is 11.6 Å². The van der Waals surface area contributed by atoms with E-state index in [1.807, 2.05) is 26.0 Å². The van der Waals surface area contributed by atoms with Gasteiger partial charge in [-0.3, -0.25) is 9.59 Å². The third-order valence-electron chi connectivity index (χ3n) is 5.32. The Bertz CT molecular complexity index is 1400. The second-order valence-corrected chi connectivity index (χ2v) is 7.28. The van der Waals surface area contributed by atoms with E-state index in [2.05, 4.69) is 10.5 Å². The van der Waals surface area contributed by atoms with Crippen molar-refractivity contribution in [1.82, 2.24) is 9.99 Å². The van der Waals surface area contributed by atoms with Crippen molar-refractivity contribution in [1.29, 1.82) is 0 Å². The molecule has 0 spiro atoms. The Kier molecular flexibility index (Phi) is 5.17. The Morgan fingerprint density at radius 2 is 1.81 bits per heavy atom. The molecule has 2 N–H and O–H groups in total. The van der Waals surface area contributed by atoms with Crippen LogP contribution in [-0.4, -0.2) is 21.8 Å². The topological polar surface area (TPSA) is 96.8 Å². The molecule has 0 radical (unpaired) electrons. The van der Waals surface area contributed by atoms with Crippen LogP contribution in [0.4, 0.5) is 0 Å². The summed E-state index contributed by atoms with van der Waals surface area (Å²) < 4.78 is 6.38. The van der Waals surface area contributed by atoms with E-state index in [-0.39, 0.29) is 11.4 Å². The first-order chi connectivity index (χ1) is 14.9. The summed E-state index contributed by atoms with van der Waals surface area (Å²) in [5, 5.41) is 16.0. The van der Waals surface area contributed by atoms with Gasteiger partial charge >= 0.3 is 0 Å². The first-order valence-corrected chi connectivity index (χ1v) is 9.70. The van der Waals surface area contributed by atoms with Gasteiger partial charge < -0.3 is 9.52 Å². The summed E-state index contributed by atoms with van der Waals surface area (Å²) in [6.45, 7) is 5.60. The molecule has 7 nitrogen and oxygen atoms in total. The molecule has 156 valence electrons. The smallest absolute Gasteiger partial charge is 0.274 e. The standard InChI is InChI=1S/C24H21N3O4/c1-14-8-9-17(12-15(14)2)27-23(29)20-7-5-4-6-19(20)21(24(27)30)13-25-26-22(28)18-10-11-31-16(18)3/h4-13,30H,1-3H3,(H,26,28)/b25-13+. The second kappa shape index (κ2) is 7.95. The molecule has 4 aromatic rings. The summed E-state index contributed by atoms with van der Waals surface area (Å²) in [6.07, 6.45) is 2.76. The molecule has 1 amide bonds. The van der Waals surface area contributed by atoms with Gasteiger partial charge in [0.1, 0.15) is 5.76 Å². The number of hydrogen-bond acceptors (Lipinski definition) is 5. The largest absolute Gasteiger partial charge is 0.494 e. The highest BCUT2D eigenvalue weighted by molar-refractivity contribution is 6.02. The number of hydrogen-bond donors (Lipinski definition) is 2. The maximum absolute atomic E-state index is 13.2. The minimum Gasteiger partial charge on any atom is -0.494 e. The van der Waals surface area contributed by atoms with E-state index in [9.17, 15) is 14.7 Å². The number of furan rings is 1. The number of aromatic nitrogens is 1. The molecular formula is C24H21N3O4. The van der Waals surface area contributed by atoms with E-state index >= 15 is 0 Å². The maximum Gasteiger partial charge on any atom is 0.274 e. The number of nitrogens with zero attached hydrogens (tertiary/aromatic N) is 2. The number of carbonyl (C=O) groups excluding carboxylic acids is 1. The molecule has 0 saturated heterocycles. The summed E-state index contributed by atoms with van der Waals surface area (Å²) >= 11 is 0. The highest BCUT2D eigenvalue weighted by Gasteiger charge is 2.17. The highest BCUT2D eigenvalue weighted by Crippen LogP contribution is 2.26. The lowest BCUT2D eigenvalue weighted by molar-refractivity contribution is 0.0953. The third kappa shape index (κ3) is 3.61. The third-order valence-corrected chi connectivity index (χ3v) is 5.32. The Morgan fingerprint density at radius 1 is 1.06 bits per heavy atom. The summed E-state index contributed by atoms with van der Waals surface area (Å²) in [7, 11) is 0. The van der Waals surface area contributed by atoms with E-state index in [1.54, 1.807) is 43.3 Å². The number of amides is 1. The van der Waals surface area contributed by atoms with Crippen LogP contribution in [0.25, 0.3) is 16.5 Å². The minimum atomic E-state index is -0.436. The van der Waals surface area contributed by atoms with Gasteiger partial charge in [0.05, 0.1) is 29.3 Å². The lowest BCUT2D eigenvalue weighted by atomic mass is 10.1. The first-order valence-electron chi connectivity index (χ1n) is 9.70. The minimum absolute atomic E-state index is 0.260. The molecule has 2 heterocycles. The number of aromatic hydroxyl groups is 1. The maximum atomic E-state index is 13.2. The zero-order valence-electron chi connectivity index (χ0n) is 17.3. The fourth-order valence-electron chi connectivity index (χ4n) is 3.43. The molecule has 4 rings (SSSR count). The number of fused-ring (bicyclic) bond motifs is 1. The number of carbonyl (C=O) groups is 1. The van der Waals surface area contributed by atoms with Crippen LogP contribution in [0.15, 0.2) is 69.1 Å². The fraction of sp³-hybridized carbons (Fsp3) is 0.125. The van der Waals surface area contributed by atoms with Crippen LogP contribution < -0.4 is 11.0 Å². The molecule has 0 bridgehead atoms. The van der Waals surface area contributed by atoms with E-state index in [0.717, 1.165) is 11.1 Å². The van der Waals surface area contributed by atoms with Gasteiger partial charge in [0.2, 0.25) is 5.88 Å². The molecule has 31 heavy (non-hydrogen) atoms. The molecule has 0 aliphatic rings. The molecule has 0 fully saturated rings. The Labute approximate surface area is 178 Å². The molecule has 0 unspecified atom stereocenters. The fourth-order valence-corrected chi connectivity index (χ4v) is 3.43. The van der Waals surface area contributed by atoms with Crippen molar-refractivity contribution < 1.29 is 14.3 Å². The quantitative estimate of drug-likeness (QED) is 0.389. The van der Waals surface area contributed by atoms with Crippen LogP contribution in [0.1, 0.15) is 32.8 Å². The monoisotopic (exact) mass is 415 g/mol. The van der Waals surface area contributed by atoms with E-state index < -0.39 is 5.91 Å². The molecule has 0 aliphatic heterocycles. The van der Waals surface area contributed by atoms with Crippen LogP contribution >= 0.6 is 0 Å². The predicted molar refractivity (Wildman–Crippen MR) is 119 cm³/mol. The lowest BCUT2D eigenvalue weighted by Crippen LogP contribution is -2.21. The molecule has 0 saturated carbocycles. The van der Waals surface area contributed by atoms with Crippen molar-refractivity contribution in [3.05, 3.63) is 93.2 Å². The summed E-state index contributed by atoms with van der Waals surface area (Å²) in [5.74, 6) is -0.220. The predicted octanol–water partition coefficient (Wildman–Crippen LogP) is 3.98. The number of hydrazone groups is 1. The van der Waals surface area contributed by atoms with Crippen LogP contribution in [-0.2, 0) is 0 Å². The molecule has 2 aromatic carbocycles. The Morgan fingerprint density at radius 3 is 2.48 bits per heavy atom.